The van der Waals surface area contributed by atoms with Crippen molar-refractivity contribution in [1.29, 1.82) is 5.26 Å². The molecule has 0 heterocycles. The number of halogens is 1. The van der Waals surface area contributed by atoms with E-state index in [-0.39, 0.29) is 12.4 Å². The van der Waals surface area contributed by atoms with Crippen molar-refractivity contribution in [2.24, 2.45) is 0 Å². The first kappa shape index (κ1) is 14.5. The molecule has 0 N–H and O–H groups in total. The van der Waals surface area contributed by atoms with Gasteiger partial charge in [-0.15, -0.1) is 11.6 Å². The lowest BCUT2D eigenvalue weighted by atomic mass is 9.98. The van der Waals surface area contributed by atoms with Crippen LogP contribution in [-0.2, 0) is 22.4 Å². The largest absolute Gasteiger partial charge is 0.466 e. The number of nitriles is 1. The van der Waals surface area contributed by atoms with Gasteiger partial charge < -0.3 is 4.74 Å². The van der Waals surface area contributed by atoms with Crippen LogP contribution in [0.4, 0.5) is 0 Å². The SMILES string of the molecule is CCOC(=O)Cc1ccc(C#N)cc1CCCCl. The highest BCUT2D eigenvalue weighted by Gasteiger charge is 2.09. The third-order valence-electron chi connectivity index (χ3n) is 2.56. The van der Waals surface area contributed by atoms with E-state index >= 15 is 0 Å². The average Bonchev–Trinajstić information content (AvgIpc) is 2.37. The molecule has 0 radical (unpaired) electrons. The number of carbonyl (C=O) groups excluding carboxylic acids is 1. The fourth-order valence-corrected chi connectivity index (χ4v) is 1.86. The van der Waals surface area contributed by atoms with Crippen molar-refractivity contribution in [1.82, 2.24) is 0 Å². The van der Waals surface area contributed by atoms with Crippen LogP contribution in [-0.4, -0.2) is 18.5 Å². The van der Waals surface area contributed by atoms with Gasteiger partial charge in [0.05, 0.1) is 24.7 Å². The van der Waals surface area contributed by atoms with Crippen molar-refractivity contribution < 1.29 is 9.53 Å². The molecule has 0 aliphatic carbocycles. The van der Waals surface area contributed by atoms with E-state index in [9.17, 15) is 4.79 Å². The van der Waals surface area contributed by atoms with Gasteiger partial charge in [0.2, 0.25) is 0 Å². The fourth-order valence-electron chi connectivity index (χ4n) is 1.73. The molecule has 0 spiro atoms. The molecular weight excluding hydrogens is 250 g/mol. The van der Waals surface area contributed by atoms with Crippen LogP contribution in [0.5, 0.6) is 0 Å². The number of ether oxygens (including phenoxy) is 1. The number of alkyl halides is 1. The Kier molecular flexibility index (Phi) is 6.24. The topological polar surface area (TPSA) is 50.1 Å². The summed E-state index contributed by atoms with van der Waals surface area (Å²) in [5.74, 6) is 0.324. The lowest BCUT2D eigenvalue weighted by Crippen LogP contribution is -2.09. The van der Waals surface area contributed by atoms with E-state index < -0.39 is 0 Å². The Balaban J connectivity index is 2.88. The first-order chi connectivity index (χ1) is 8.71. The molecule has 3 nitrogen and oxygen atoms in total. The highest BCUT2D eigenvalue weighted by Crippen LogP contribution is 2.15. The Labute approximate surface area is 112 Å². The number of nitrogens with zero attached hydrogens (tertiary/aromatic N) is 1. The van der Waals surface area contributed by atoms with Crippen LogP contribution in [0.25, 0.3) is 0 Å². The first-order valence-corrected chi connectivity index (χ1v) is 6.48. The van der Waals surface area contributed by atoms with Gasteiger partial charge in [-0.1, -0.05) is 6.07 Å². The summed E-state index contributed by atoms with van der Waals surface area (Å²) >= 11 is 5.68. The average molecular weight is 266 g/mol. The Hall–Kier alpha value is -1.53. The van der Waals surface area contributed by atoms with Gasteiger partial charge in [-0.25, -0.2) is 0 Å². The van der Waals surface area contributed by atoms with E-state index in [0.29, 0.717) is 18.1 Å². The van der Waals surface area contributed by atoms with Crippen molar-refractivity contribution >= 4 is 17.6 Å². The first-order valence-electron chi connectivity index (χ1n) is 5.94. The van der Waals surface area contributed by atoms with E-state index in [0.717, 1.165) is 24.0 Å². The molecule has 4 heteroatoms. The van der Waals surface area contributed by atoms with Crippen LogP contribution in [0, 0.1) is 11.3 Å². The van der Waals surface area contributed by atoms with Crippen molar-refractivity contribution in [2.75, 3.05) is 12.5 Å². The van der Waals surface area contributed by atoms with E-state index in [1.165, 1.54) is 0 Å². The van der Waals surface area contributed by atoms with Gasteiger partial charge in [0.15, 0.2) is 0 Å². The minimum Gasteiger partial charge on any atom is -0.466 e. The molecular formula is C14H16ClNO2. The zero-order valence-electron chi connectivity index (χ0n) is 10.4. The van der Waals surface area contributed by atoms with Gasteiger partial charge in [0, 0.05) is 5.88 Å². The van der Waals surface area contributed by atoms with Crippen LogP contribution in [0.2, 0.25) is 0 Å². The predicted octanol–water partition coefficient (Wildman–Crippen LogP) is 2.84. The Morgan fingerprint density at radius 1 is 1.44 bits per heavy atom. The zero-order valence-corrected chi connectivity index (χ0v) is 11.2. The molecule has 0 aliphatic heterocycles. The van der Waals surface area contributed by atoms with E-state index in [2.05, 4.69) is 6.07 Å². The molecule has 0 fully saturated rings. The molecule has 18 heavy (non-hydrogen) atoms. The second-order valence-electron chi connectivity index (χ2n) is 3.87. The maximum absolute atomic E-state index is 11.5. The number of aryl methyl sites for hydroxylation is 1. The molecule has 0 saturated heterocycles. The van der Waals surface area contributed by atoms with Crippen molar-refractivity contribution in [2.45, 2.75) is 26.2 Å². The highest BCUT2D eigenvalue weighted by molar-refractivity contribution is 6.17. The minimum absolute atomic E-state index is 0.241. The summed E-state index contributed by atoms with van der Waals surface area (Å²) in [6.45, 7) is 2.16. The molecule has 1 rings (SSSR count). The standard InChI is InChI=1S/C14H16ClNO2/c1-2-18-14(17)9-13-6-5-11(10-16)8-12(13)4-3-7-15/h5-6,8H,2-4,7,9H2,1H3. The second-order valence-corrected chi connectivity index (χ2v) is 4.25. The van der Waals surface area contributed by atoms with Gasteiger partial charge in [0.25, 0.3) is 0 Å². The summed E-state index contributed by atoms with van der Waals surface area (Å²) in [6.07, 6.45) is 1.84. The third kappa shape index (κ3) is 4.38. The number of benzene rings is 1. The fraction of sp³-hybridized carbons (Fsp3) is 0.429. The maximum atomic E-state index is 11.5. The number of hydrogen-bond donors (Lipinski definition) is 0. The molecule has 96 valence electrons. The summed E-state index contributed by atoms with van der Waals surface area (Å²) in [5.41, 5.74) is 2.52. The monoisotopic (exact) mass is 265 g/mol. The molecule has 0 atom stereocenters. The molecule has 0 bridgehead atoms. The van der Waals surface area contributed by atoms with Crippen molar-refractivity contribution in [3.8, 4) is 6.07 Å². The maximum Gasteiger partial charge on any atom is 0.310 e. The molecule has 0 aliphatic rings. The van der Waals surface area contributed by atoms with Crippen LogP contribution >= 0.6 is 11.6 Å². The number of rotatable bonds is 6. The summed E-state index contributed by atoms with van der Waals surface area (Å²) in [4.78, 5) is 11.5. The van der Waals surface area contributed by atoms with Gasteiger partial charge >= 0.3 is 5.97 Å². The minimum atomic E-state index is -0.241. The molecule has 0 saturated carbocycles. The lowest BCUT2D eigenvalue weighted by Gasteiger charge is -2.09. The molecule has 1 aromatic rings. The summed E-state index contributed by atoms with van der Waals surface area (Å²) in [5, 5.41) is 8.88. The Bertz CT molecular complexity index is 452. The lowest BCUT2D eigenvalue weighted by molar-refractivity contribution is -0.142. The van der Waals surface area contributed by atoms with Crippen molar-refractivity contribution in [3.63, 3.8) is 0 Å². The smallest absolute Gasteiger partial charge is 0.310 e. The van der Waals surface area contributed by atoms with Crippen LogP contribution in [0.3, 0.4) is 0 Å². The van der Waals surface area contributed by atoms with Crippen LogP contribution in [0.15, 0.2) is 18.2 Å². The number of hydrogen-bond acceptors (Lipinski definition) is 3. The highest BCUT2D eigenvalue weighted by atomic mass is 35.5. The van der Waals surface area contributed by atoms with Gasteiger partial charge in [0.1, 0.15) is 0 Å². The van der Waals surface area contributed by atoms with E-state index in [1.807, 2.05) is 12.1 Å². The van der Waals surface area contributed by atoms with E-state index in [4.69, 9.17) is 21.6 Å². The molecule has 0 unspecified atom stereocenters. The van der Waals surface area contributed by atoms with Gasteiger partial charge in [-0.05, 0) is 43.0 Å². The van der Waals surface area contributed by atoms with Crippen molar-refractivity contribution in [3.05, 3.63) is 34.9 Å². The van der Waals surface area contributed by atoms with Gasteiger partial charge in [-0.2, -0.15) is 5.26 Å². The summed E-state index contributed by atoms with van der Waals surface area (Å²) in [7, 11) is 0. The molecule has 0 aromatic heterocycles. The number of carbonyl (C=O) groups is 1. The summed E-state index contributed by atoms with van der Waals surface area (Å²) < 4.78 is 4.93. The molecule has 1 aromatic carbocycles. The van der Waals surface area contributed by atoms with Gasteiger partial charge in [-0.3, -0.25) is 4.79 Å². The zero-order chi connectivity index (χ0) is 13.4. The Morgan fingerprint density at radius 3 is 2.83 bits per heavy atom. The van der Waals surface area contributed by atoms with Crippen LogP contribution < -0.4 is 0 Å². The quantitative estimate of drug-likeness (QED) is 0.587. The predicted molar refractivity (Wildman–Crippen MR) is 70.5 cm³/mol. The Morgan fingerprint density at radius 2 is 2.22 bits per heavy atom. The molecule has 0 amide bonds. The number of esters is 1. The second kappa shape index (κ2) is 7.73. The third-order valence-corrected chi connectivity index (χ3v) is 2.82. The van der Waals surface area contributed by atoms with E-state index in [1.54, 1.807) is 13.0 Å². The van der Waals surface area contributed by atoms with Crippen LogP contribution in [0.1, 0.15) is 30.0 Å². The summed E-state index contributed by atoms with van der Waals surface area (Å²) in [6, 6.07) is 7.46. The normalized spacial score (nSPS) is 9.83.